The average molecular weight is 500 g/mol. The summed E-state index contributed by atoms with van der Waals surface area (Å²) >= 11 is 1.18. The summed E-state index contributed by atoms with van der Waals surface area (Å²) in [5, 5.41) is 16.7. The minimum atomic E-state index is -3.94. The van der Waals surface area contributed by atoms with Crippen LogP contribution in [0.4, 0.5) is 5.69 Å². The van der Waals surface area contributed by atoms with E-state index in [2.05, 4.69) is 4.98 Å². The molecule has 0 saturated heterocycles. The lowest BCUT2D eigenvalue weighted by Crippen LogP contribution is -2.31. The van der Waals surface area contributed by atoms with Crippen LogP contribution in [0.2, 0.25) is 0 Å². The average Bonchev–Trinajstić information content (AvgIpc) is 3.28. The lowest BCUT2D eigenvalue weighted by molar-refractivity contribution is -0.117. The molecule has 1 unspecified atom stereocenters. The van der Waals surface area contributed by atoms with Crippen LogP contribution in [0, 0.1) is 13.8 Å². The van der Waals surface area contributed by atoms with Gasteiger partial charge in [-0.2, -0.15) is 0 Å². The number of amides is 1. The Morgan fingerprint density at radius 2 is 1.74 bits per heavy atom. The Morgan fingerprint density at radius 3 is 2.24 bits per heavy atom. The van der Waals surface area contributed by atoms with E-state index < -0.39 is 33.5 Å². The topological polar surface area (TPSA) is 140 Å². The lowest BCUT2D eigenvalue weighted by atomic mass is 9.94. The Balaban J connectivity index is 1.87. The molecule has 0 aliphatic carbocycles. The van der Waals surface area contributed by atoms with Gasteiger partial charge in [0.15, 0.2) is 5.76 Å². The van der Waals surface area contributed by atoms with E-state index in [-0.39, 0.29) is 16.2 Å². The molecule has 0 bridgehead atoms. The first-order valence-electron chi connectivity index (χ1n) is 10.0. The van der Waals surface area contributed by atoms with Crippen molar-refractivity contribution in [3.8, 4) is 5.75 Å². The number of aryl methyl sites for hydroxylation is 2. The molecule has 3 aromatic rings. The highest BCUT2D eigenvalue weighted by Crippen LogP contribution is 2.43. The van der Waals surface area contributed by atoms with Gasteiger partial charge in [-0.05, 0) is 55.8 Å². The highest BCUT2D eigenvalue weighted by atomic mass is 32.2. The number of sulfonamides is 1. The highest BCUT2D eigenvalue weighted by Gasteiger charge is 2.45. The van der Waals surface area contributed by atoms with Crippen LogP contribution < -0.4 is 14.8 Å². The van der Waals surface area contributed by atoms with Crippen LogP contribution in [0.1, 0.15) is 32.0 Å². The van der Waals surface area contributed by atoms with Gasteiger partial charge in [-0.15, -0.1) is 11.3 Å². The zero-order valence-corrected chi connectivity index (χ0v) is 20.1. The normalized spacial score (nSPS) is 16.3. The number of ketones is 1. The Labute approximate surface area is 200 Å². The number of anilines is 1. The van der Waals surface area contributed by atoms with Crippen molar-refractivity contribution >= 4 is 38.7 Å². The van der Waals surface area contributed by atoms with Crippen LogP contribution in [-0.4, -0.2) is 37.3 Å². The molecule has 1 aliphatic rings. The molecule has 9 nitrogen and oxygen atoms in total. The molecule has 176 valence electrons. The molecule has 2 heterocycles. The van der Waals surface area contributed by atoms with E-state index >= 15 is 0 Å². The number of nitrogens with zero attached hydrogens (tertiary/aromatic N) is 2. The Kier molecular flexibility index (Phi) is 6.02. The highest BCUT2D eigenvalue weighted by molar-refractivity contribution is 7.89. The second-order valence-electron chi connectivity index (χ2n) is 7.63. The van der Waals surface area contributed by atoms with Crippen molar-refractivity contribution in [1.29, 1.82) is 0 Å². The molecular formula is C23H21N3O6S2. The minimum Gasteiger partial charge on any atom is -0.503 e. The number of thiazole rings is 1. The number of nitrogens with two attached hydrogens (primary N) is 1. The summed E-state index contributed by atoms with van der Waals surface area (Å²) in [6.07, 6.45) is 0. The number of aliphatic hydroxyl groups excluding tert-OH is 1. The largest absolute Gasteiger partial charge is 0.503 e. The molecule has 0 spiro atoms. The van der Waals surface area contributed by atoms with Crippen LogP contribution in [0.5, 0.6) is 5.75 Å². The number of Topliss-reactive ketones (excluding diaryl/α,β-unsaturated/α-hetero) is 1. The van der Waals surface area contributed by atoms with Crippen LogP contribution in [0.25, 0.3) is 0 Å². The van der Waals surface area contributed by atoms with Crippen molar-refractivity contribution < 1.29 is 27.9 Å². The lowest BCUT2D eigenvalue weighted by Gasteiger charge is -2.27. The predicted molar refractivity (Wildman–Crippen MR) is 127 cm³/mol. The molecule has 2 aromatic carbocycles. The number of carbonyl (C=O) groups is 2. The first-order valence-corrected chi connectivity index (χ1v) is 12.4. The number of aromatic nitrogens is 1. The van der Waals surface area contributed by atoms with Gasteiger partial charge in [0.25, 0.3) is 5.91 Å². The maximum atomic E-state index is 13.6. The van der Waals surface area contributed by atoms with Gasteiger partial charge >= 0.3 is 0 Å². The molecule has 1 atom stereocenters. The first-order chi connectivity index (χ1) is 16.0. The number of aliphatic hydroxyl groups is 1. The third-order valence-corrected chi connectivity index (χ3v) is 7.44. The zero-order valence-electron chi connectivity index (χ0n) is 18.5. The van der Waals surface area contributed by atoms with E-state index in [1.165, 1.54) is 47.6 Å². The number of methoxy groups -OCH3 is 1. The Hall–Kier alpha value is -3.54. The van der Waals surface area contributed by atoms with Gasteiger partial charge in [0.1, 0.15) is 5.75 Å². The fourth-order valence-electron chi connectivity index (χ4n) is 3.87. The minimum absolute atomic E-state index is 0.0857. The second-order valence-corrected chi connectivity index (χ2v) is 10.4. The number of ether oxygens (including phenoxy) is 1. The van der Waals surface area contributed by atoms with Crippen LogP contribution in [0.15, 0.2) is 64.8 Å². The molecule has 0 radical (unpaired) electrons. The summed E-state index contributed by atoms with van der Waals surface area (Å²) in [6, 6.07) is 11.1. The van der Waals surface area contributed by atoms with E-state index in [9.17, 15) is 23.1 Å². The van der Waals surface area contributed by atoms with Gasteiger partial charge in [0.2, 0.25) is 15.8 Å². The van der Waals surface area contributed by atoms with Crippen molar-refractivity contribution in [2.45, 2.75) is 24.8 Å². The summed E-state index contributed by atoms with van der Waals surface area (Å²) in [7, 11) is -2.42. The van der Waals surface area contributed by atoms with Crippen LogP contribution in [-0.2, 0) is 14.8 Å². The molecule has 4 rings (SSSR count). The molecule has 0 fully saturated rings. The molecule has 1 aliphatic heterocycles. The van der Waals surface area contributed by atoms with Crippen LogP contribution in [0.3, 0.4) is 0 Å². The zero-order chi connectivity index (χ0) is 24.8. The van der Waals surface area contributed by atoms with E-state index in [1.807, 2.05) is 0 Å². The number of hydrogen-bond donors (Lipinski definition) is 2. The summed E-state index contributed by atoms with van der Waals surface area (Å²) < 4.78 is 28.5. The maximum Gasteiger partial charge on any atom is 0.294 e. The summed E-state index contributed by atoms with van der Waals surface area (Å²) in [6.45, 7) is 3.46. The fourth-order valence-corrected chi connectivity index (χ4v) is 5.26. The molecule has 11 heteroatoms. The van der Waals surface area contributed by atoms with E-state index in [0.29, 0.717) is 26.9 Å². The smallest absolute Gasteiger partial charge is 0.294 e. The first kappa shape index (κ1) is 23.6. The standard InChI is InChI=1S/C23H21N3O6S2/c1-12-22(33-13(2)25-12)20(27)18-19(14-4-8-16(32-3)9-5-14)26(23(29)21(18)28)15-6-10-17(11-7-15)34(24,30)31/h4-11,19,28H,1-3H3,(H2,24,30,31). The molecular weight excluding hydrogens is 478 g/mol. The number of hydrogen-bond acceptors (Lipinski definition) is 8. The fraction of sp³-hybridized carbons (Fsp3) is 0.174. The number of primary sulfonamides is 1. The van der Waals surface area contributed by atoms with Crippen molar-refractivity contribution in [2.75, 3.05) is 12.0 Å². The van der Waals surface area contributed by atoms with Crippen molar-refractivity contribution in [1.82, 2.24) is 4.98 Å². The van der Waals surface area contributed by atoms with Gasteiger partial charge in [-0.1, -0.05) is 12.1 Å². The molecule has 1 amide bonds. The Morgan fingerprint density at radius 1 is 1.12 bits per heavy atom. The number of benzene rings is 2. The van der Waals surface area contributed by atoms with Crippen molar-refractivity contribution in [3.63, 3.8) is 0 Å². The van der Waals surface area contributed by atoms with Gasteiger partial charge in [-0.25, -0.2) is 18.5 Å². The molecule has 1 aromatic heterocycles. The molecule has 3 N–H and O–H groups in total. The monoisotopic (exact) mass is 499 g/mol. The predicted octanol–water partition coefficient (Wildman–Crippen LogP) is 3.20. The van der Waals surface area contributed by atoms with Gasteiger partial charge in [-0.3, -0.25) is 14.5 Å². The number of rotatable bonds is 6. The third-order valence-electron chi connectivity index (χ3n) is 5.44. The van der Waals surface area contributed by atoms with E-state index in [4.69, 9.17) is 9.88 Å². The number of carbonyl (C=O) groups excluding carboxylic acids is 2. The quantitative estimate of drug-likeness (QED) is 0.496. The van der Waals surface area contributed by atoms with E-state index in [0.717, 1.165) is 0 Å². The van der Waals surface area contributed by atoms with E-state index in [1.54, 1.807) is 38.1 Å². The van der Waals surface area contributed by atoms with Gasteiger partial charge in [0.05, 0.1) is 39.2 Å². The maximum absolute atomic E-state index is 13.6. The third kappa shape index (κ3) is 4.09. The summed E-state index contributed by atoms with van der Waals surface area (Å²) in [4.78, 5) is 32.5. The van der Waals surface area contributed by atoms with Crippen LogP contribution >= 0.6 is 11.3 Å². The van der Waals surface area contributed by atoms with Crippen molar-refractivity contribution in [3.05, 3.63) is 81.0 Å². The summed E-state index contributed by atoms with van der Waals surface area (Å²) in [5.41, 5.74) is 1.25. The second kappa shape index (κ2) is 8.67. The SMILES string of the molecule is COc1ccc(C2C(C(=O)c3sc(C)nc3C)=C(O)C(=O)N2c2ccc(S(N)(=O)=O)cc2)cc1. The van der Waals surface area contributed by atoms with Crippen molar-refractivity contribution in [2.24, 2.45) is 5.14 Å². The summed E-state index contributed by atoms with van der Waals surface area (Å²) in [5.74, 6) is -1.39. The molecule has 0 saturated carbocycles. The Bertz CT molecular complexity index is 1420. The van der Waals surface area contributed by atoms with Gasteiger partial charge < -0.3 is 9.84 Å². The molecule has 34 heavy (non-hydrogen) atoms. The van der Waals surface area contributed by atoms with Gasteiger partial charge in [0, 0.05) is 5.69 Å².